The minimum Gasteiger partial charge on any atom is -0.359 e. The van der Waals surface area contributed by atoms with Crippen LogP contribution in [0.15, 0.2) is 90.9 Å². The van der Waals surface area contributed by atoms with Crippen LogP contribution in [0.3, 0.4) is 0 Å². The first-order chi connectivity index (χ1) is 17.1. The SMILES string of the molecule is C=C/C(=C\C(=C/C)c1ccc2[nH]nc(-c3nc4c(-c5cccs5)cncc4[nH]3)c2c1)NC(=C)CC. The van der Waals surface area contributed by atoms with Crippen molar-refractivity contribution in [1.82, 2.24) is 30.5 Å². The summed E-state index contributed by atoms with van der Waals surface area (Å²) in [5.74, 6) is 0.708. The standard InChI is InChI=1S/C28H26N6S/c1-5-17(4)30-20(7-3)13-18(6-2)19-10-11-23-21(14-19)27(34-33-23)28-31-24-16-29-15-22(26(24)32-28)25-9-8-12-35-25/h6-16,30H,3-5H2,1-2H3,(H,31,32)(H,33,34)/b18-6+,20-13+. The lowest BCUT2D eigenvalue weighted by atomic mass is 10.0. The number of nitrogens with zero attached hydrogens (tertiary/aromatic N) is 3. The Morgan fingerprint density at radius 3 is 2.83 bits per heavy atom. The van der Waals surface area contributed by atoms with Gasteiger partial charge in [-0.15, -0.1) is 11.3 Å². The van der Waals surface area contributed by atoms with Crippen LogP contribution in [0.2, 0.25) is 0 Å². The fourth-order valence-electron chi connectivity index (χ4n) is 3.97. The molecular formula is C28H26N6S. The van der Waals surface area contributed by atoms with Gasteiger partial charge in [0.1, 0.15) is 11.2 Å². The number of rotatable bonds is 8. The summed E-state index contributed by atoms with van der Waals surface area (Å²) in [6.45, 7) is 12.1. The molecule has 0 fully saturated rings. The molecule has 7 heteroatoms. The second kappa shape index (κ2) is 9.56. The molecule has 4 aromatic heterocycles. The van der Waals surface area contributed by atoms with E-state index in [0.717, 1.165) is 67.0 Å². The van der Waals surface area contributed by atoms with Gasteiger partial charge in [-0.05, 0) is 60.2 Å². The van der Waals surface area contributed by atoms with Gasteiger partial charge in [-0.25, -0.2) is 4.98 Å². The van der Waals surface area contributed by atoms with Gasteiger partial charge in [-0.3, -0.25) is 10.1 Å². The maximum Gasteiger partial charge on any atom is 0.159 e. The van der Waals surface area contributed by atoms with Crippen molar-refractivity contribution in [2.24, 2.45) is 0 Å². The van der Waals surface area contributed by atoms with E-state index in [4.69, 9.17) is 4.98 Å². The second-order valence-electron chi connectivity index (χ2n) is 8.11. The molecule has 0 unspecified atom stereocenters. The molecule has 0 amide bonds. The molecule has 0 saturated carbocycles. The minimum atomic E-state index is 0.708. The van der Waals surface area contributed by atoms with Crippen LogP contribution < -0.4 is 5.32 Å². The molecule has 6 nitrogen and oxygen atoms in total. The smallest absolute Gasteiger partial charge is 0.159 e. The summed E-state index contributed by atoms with van der Waals surface area (Å²) >= 11 is 1.67. The molecule has 174 valence electrons. The Labute approximate surface area is 207 Å². The van der Waals surface area contributed by atoms with Gasteiger partial charge in [-0.1, -0.05) is 38.3 Å². The van der Waals surface area contributed by atoms with Gasteiger partial charge < -0.3 is 10.3 Å². The van der Waals surface area contributed by atoms with Crippen LogP contribution in [0, 0.1) is 0 Å². The molecule has 5 aromatic rings. The normalized spacial score (nSPS) is 12.4. The molecular weight excluding hydrogens is 452 g/mol. The molecule has 0 saturated heterocycles. The highest BCUT2D eigenvalue weighted by atomic mass is 32.1. The Kier molecular flexibility index (Phi) is 6.16. The van der Waals surface area contributed by atoms with Gasteiger partial charge in [0, 0.05) is 33.4 Å². The number of allylic oxidation sites excluding steroid dienone is 5. The van der Waals surface area contributed by atoms with E-state index in [1.165, 1.54) is 0 Å². The first kappa shape index (κ1) is 22.6. The molecule has 0 aliphatic carbocycles. The summed E-state index contributed by atoms with van der Waals surface area (Å²) in [5, 5.41) is 14.1. The highest BCUT2D eigenvalue weighted by Gasteiger charge is 2.16. The van der Waals surface area contributed by atoms with Gasteiger partial charge in [0.05, 0.1) is 17.2 Å². The van der Waals surface area contributed by atoms with E-state index in [1.54, 1.807) is 23.6 Å². The summed E-state index contributed by atoms with van der Waals surface area (Å²) in [5.41, 5.74) is 8.50. The Hall–Kier alpha value is -4.23. The van der Waals surface area contributed by atoms with Crippen LogP contribution in [0.1, 0.15) is 25.8 Å². The molecule has 5 rings (SSSR count). The summed E-state index contributed by atoms with van der Waals surface area (Å²) in [7, 11) is 0. The molecule has 0 aliphatic rings. The number of imidazole rings is 1. The van der Waals surface area contributed by atoms with Gasteiger partial charge >= 0.3 is 0 Å². The topological polar surface area (TPSA) is 82.3 Å². The van der Waals surface area contributed by atoms with E-state index in [-0.39, 0.29) is 0 Å². The Morgan fingerprint density at radius 1 is 1.20 bits per heavy atom. The lowest BCUT2D eigenvalue weighted by Crippen LogP contribution is -2.09. The number of nitrogens with one attached hydrogen (secondary N) is 3. The predicted molar refractivity (Wildman–Crippen MR) is 147 cm³/mol. The number of pyridine rings is 1. The van der Waals surface area contributed by atoms with E-state index in [9.17, 15) is 0 Å². The van der Waals surface area contributed by atoms with E-state index >= 15 is 0 Å². The lowest BCUT2D eigenvalue weighted by Gasteiger charge is -2.10. The minimum absolute atomic E-state index is 0.708. The van der Waals surface area contributed by atoms with E-state index in [0.29, 0.717) is 5.82 Å². The lowest BCUT2D eigenvalue weighted by molar-refractivity contribution is 0.921. The molecule has 3 N–H and O–H groups in total. The fourth-order valence-corrected chi connectivity index (χ4v) is 4.71. The molecule has 0 aliphatic heterocycles. The van der Waals surface area contributed by atoms with Crippen LogP contribution in [0.4, 0.5) is 0 Å². The van der Waals surface area contributed by atoms with Crippen molar-refractivity contribution in [1.29, 1.82) is 0 Å². The maximum absolute atomic E-state index is 4.93. The summed E-state index contributed by atoms with van der Waals surface area (Å²) in [4.78, 5) is 13.9. The van der Waals surface area contributed by atoms with Crippen LogP contribution in [0.25, 0.3) is 49.5 Å². The van der Waals surface area contributed by atoms with Gasteiger partial charge in [0.15, 0.2) is 5.82 Å². The van der Waals surface area contributed by atoms with Crippen molar-refractivity contribution in [3.05, 3.63) is 96.4 Å². The third-order valence-corrected chi connectivity index (χ3v) is 6.79. The molecule has 0 spiro atoms. The van der Waals surface area contributed by atoms with Crippen LogP contribution in [0.5, 0.6) is 0 Å². The third kappa shape index (κ3) is 4.34. The van der Waals surface area contributed by atoms with Gasteiger partial charge in [0.2, 0.25) is 0 Å². The quantitative estimate of drug-likeness (QED) is 0.206. The Bertz CT molecular complexity index is 1600. The first-order valence-corrected chi connectivity index (χ1v) is 12.3. The number of aromatic amines is 2. The third-order valence-electron chi connectivity index (χ3n) is 5.89. The second-order valence-corrected chi connectivity index (χ2v) is 9.06. The molecule has 35 heavy (non-hydrogen) atoms. The van der Waals surface area contributed by atoms with E-state index < -0.39 is 0 Å². The number of aromatic nitrogens is 5. The van der Waals surface area contributed by atoms with Crippen molar-refractivity contribution < 1.29 is 0 Å². The monoisotopic (exact) mass is 478 g/mol. The summed E-state index contributed by atoms with van der Waals surface area (Å²) in [6.07, 6.45) is 10.5. The number of hydrogen-bond acceptors (Lipinski definition) is 5. The zero-order chi connectivity index (χ0) is 24.4. The van der Waals surface area contributed by atoms with Crippen molar-refractivity contribution in [3.63, 3.8) is 0 Å². The zero-order valence-electron chi connectivity index (χ0n) is 19.7. The number of benzene rings is 1. The van der Waals surface area contributed by atoms with Crippen molar-refractivity contribution >= 4 is 38.8 Å². The molecule has 0 bridgehead atoms. The highest BCUT2D eigenvalue weighted by molar-refractivity contribution is 7.13. The Balaban J connectivity index is 1.57. The predicted octanol–water partition coefficient (Wildman–Crippen LogP) is 7.22. The molecule has 4 heterocycles. The van der Waals surface area contributed by atoms with Crippen LogP contribution in [-0.4, -0.2) is 25.1 Å². The van der Waals surface area contributed by atoms with Crippen LogP contribution >= 0.6 is 11.3 Å². The van der Waals surface area contributed by atoms with Crippen molar-refractivity contribution in [3.8, 4) is 22.0 Å². The first-order valence-electron chi connectivity index (χ1n) is 11.4. The maximum atomic E-state index is 4.93. The highest BCUT2D eigenvalue weighted by Crippen LogP contribution is 2.33. The summed E-state index contributed by atoms with van der Waals surface area (Å²) < 4.78 is 0. The Morgan fingerprint density at radius 2 is 2.09 bits per heavy atom. The van der Waals surface area contributed by atoms with Crippen molar-refractivity contribution in [2.75, 3.05) is 0 Å². The summed E-state index contributed by atoms with van der Waals surface area (Å²) in [6, 6.07) is 10.4. The zero-order valence-corrected chi connectivity index (χ0v) is 20.5. The van der Waals surface area contributed by atoms with Gasteiger partial charge in [0.25, 0.3) is 0 Å². The largest absolute Gasteiger partial charge is 0.359 e. The molecule has 0 radical (unpaired) electrons. The van der Waals surface area contributed by atoms with Crippen molar-refractivity contribution in [2.45, 2.75) is 20.3 Å². The average molecular weight is 479 g/mol. The molecule has 0 atom stereocenters. The van der Waals surface area contributed by atoms with E-state index in [1.807, 2.05) is 25.3 Å². The molecule has 1 aromatic carbocycles. The average Bonchev–Trinajstić information content (AvgIpc) is 3.64. The van der Waals surface area contributed by atoms with Gasteiger partial charge in [-0.2, -0.15) is 5.10 Å². The number of H-pyrrole nitrogens is 2. The number of hydrogen-bond donors (Lipinski definition) is 3. The number of thiophene rings is 1. The number of fused-ring (bicyclic) bond motifs is 2. The van der Waals surface area contributed by atoms with Crippen LogP contribution in [-0.2, 0) is 0 Å². The van der Waals surface area contributed by atoms with E-state index in [2.05, 4.69) is 81.3 Å². The fraction of sp³-hybridized carbons (Fsp3) is 0.107.